The van der Waals surface area contributed by atoms with E-state index >= 15 is 0 Å². The Morgan fingerprint density at radius 3 is 1.94 bits per heavy atom. The summed E-state index contributed by atoms with van der Waals surface area (Å²) in [5.74, 6) is -1.82. The van der Waals surface area contributed by atoms with Crippen LogP contribution >= 0.6 is 0 Å². The number of hydrogen-bond acceptors (Lipinski definition) is 8. The average Bonchev–Trinajstić information content (AvgIpc) is 3.18. The molecule has 4 rings (SSSR count). The fourth-order valence-electron chi connectivity index (χ4n) is 3.24. The number of carbonyl (C=O) groups is 3. The number of esters is 1. The number of nitrogens with zero attached hydrogens (tertiary/aromatic N) is 2. The Hall–Kier alpha value is -3.49. The summed E-state index contributed by atoms with van der Waals surface area (Å²) in [7, 11) is -7.72. The van der Waals surface area contributed by atoms with E-state index in [0.29, 0.717) is 16.8 Å². The first-order valence-corrected chi connectivity index (χ1v) is 12.4. The summed E-state index contributed by atoms with van der Waals surface area (Å²) in [5, 5.41) is 0. The van der Waals surface area contributed by atoms with Gasteiger partial charge in [-0.2, -0.15) is 21.1 Å². The van der Waals surface area contributed by atoms with Gasteiger partial charge in [0.25, 0.3) is 5.91 Å². The van der Waals surface area contributed by atoms with Crippen molar-refractivity contribution in [3.8, 4) is 0 Å². The number of hydrogen-bond donors (Lipinski definition) is 2. The molecule has 174 valence electrons. The van der Waals surface area contributed by atoms with Gasteiger partial charge in [0.2, 0.25) is 5.91 Å². The molecule has 2 aliphatic rings. The number of nitrogens with one attached hydrogen (secondary N) is 2. The second-order valence-corrected chi connectivity index (χ2v) is 10.5. The second kappa shape index (κ2) is 8.46. The minimum atomic E-state index is -3.89. The second-order valence-electron chi connectivity index (χ2n) is 7.27. The van der Waals surface area contributed by atoms with Gasteiger partial charge >= 0.3 is 26.4 Å². The van der Waals surface area contributed by atoms with Gasteiger partial charge in [0, 0.05) is 6.54 Å². The molecule has 33 heavy (non-hydrogen) atoms. The monoisotopic (exact) mass is 494 g/mol. The number of benzene rings is 2. The first kappa shape index (κ1) is 22.7. The molecule has 0 atom stereocenters. The number of ether oxygens (including phenoxy) is 1. The Bertz CT molecular complexity index is 1320. The highest BCUT2D eigenvalue weighted by Gasteiger charge is 2.34. The molecule has 2 aromatic carbocycles. The van der Waals surface area contributed by atoms with E-state index in [-0.39, 0.29) is 31.8 Å². The zero-order chi connectivity index (χ0) is 23.8. The predicted molar refractivity (Wildman–Crippen MR) is 114 cm³/mol. The van der Waals surface area contributed by atoms with Crippen LogP contribution < -0.4 is 13.7 Å². The number of rotatable bonds is 6. The Kier molecular flexibility index (Phi) is 5.82. The molecule has 0 radical (unpaired) electrons. The quantitative estimate of drug-likeness (QED) is 0.504. The van der Waals surface area contributed by atoms with E-state index < -0.39 is 38.2 Å². The van der Waals surface area contributed by atoms with Gasteiger partial charge in [0.05, 0.1) is 17.8 Å². The SMILES string of the molecule is O=C1CN(Cc2ccc(C(=O)OCc3ccc(N4CC(=O)NS4(=O)=O)cc3)cc2)S(=O)(=O)N1. The topological polar surface area (TPSA) is 159 Å². The molecule has 0 aliphatic carbocycles. The van der Waals surface area contributed by atoms with Crippen molar-refractivity contribution < 1.29 is 36.0 Å². The zero-order valence-corrected chi connectivity index (χ0v) is 18.6. The molecule has 0 spiro atoms. The molecule has 0 aromatic heterocycles. The molecule has 0 bridgehead atoms. The lowest BCUT2D eigenvalue weighted by atomic mass is 10.1. The molecule has 2 amide bonds. The van der Waals surface area contributed by atoms with Crippen LogP contribution in [0.1, 0.15) is 21.5 Å². The normalized spacial score (nSPS) is 19.2. The van der Waals surface area contributed by atoms with Crippen LogP contribution in [0.5, 0.6) is 0 Å². The maximum Gasteiger partial charge on any atom is 0.338 e. The third-order valence-electron chi connectivity index (χ3n) is 4.87. The van der Waals surface area contributed by atoms with Crippen molar-refractivity contribution in [1.82, 2.24) is 13.7 Å². The molecule has 2 heterocycles. The lowest BCUT2D eigenvalue weighted by Gasteiger charge is -2.15. The van der Waals surface area contributed by atoms with Crippen LogP contribution in [0, 0.1) is 0 Å². The van der Waals surface area contributed by atoms with Crippen molar-refractivity contribution in [3.63, 3.8) is 0 Å². The van der Waals surface area contributed by atoms with E-state index in [4.69, 9.17) is 4.74 Å². The summed E-state index contributed by atoms with van der Waals surface area (Å²) in [6, 6.07) is 12.3. The van der Waals surface area contributed by atoms with Crippen molar-refractivity contribution >= 4 is 43.9 Å². The van der Waals surface area contributed by atoms with Gasteiger partial charge in [-0.15, -0.1) is 0 Å². The van der Waals surface area contributed by atoms with Crippen LogP contribution in [0.2, 0.25) is 0 Å². The van der Waals surface area contributed by atoms with Crippen LogP contribution in [0.15, 0.2) is 48.5 Å². The molecule has 2 aromatic rings. The molecule has 2 fully saturated rings. The molecular weight excluding hydrogens is 476 g/mol. The number of amides is 2. The van der Waals surface area contributed by atoms with Gasteiger partial charge < -0.3 is 4.74 Å². The minimum absolute atomic E-state index is 0.0173. The van der Waals surface area contributed by atoms with E-state index in [1.807, 2.05) is 9.44 Å². The van der Waals surface area contributed by atoms with E-state index in [9.17, 15) is 31.2 Å². The van der Waals surface area contributed by atoms with E-state index in [1.165, 1.54) is 24.3 Å². The maximum atomic E-state index is 12.3. The fourth-order valence-corrected chi connectivity index (χ4v) is 5.48. The highest BCUT2D eigenvalue weighted by molar-refractivity contribution is 7.92. The van der Waals surface area contributed by atoms with E-state index in [2.05, 4.69) is 0 Å². The lowest BCUT2D eigenvalue weighted by molar-refractivity contribution is -0.118. The van der Waals surface area contributed by atoms with Crippen LogP contribution in [-0.2, 0) is 47.9 Å². The molecule has 0 unspecified atom stereocenters. The smallest absolute Gasteiger partial charge is 0.338 e. The summed E-state index contributed by atoms with van der Waals surface area (Å²) >= 11 is 0. The number of carbonyl (C=O) groups excluding carboxylic acids is 3. The highest BCUT2D eigenvalue weighted by atomic mass is 32.2. The summed E-state index contributed by atoms with van der Waals surface area (Å²) in [6.07, 6.45) is 0. The Balaban J connectivity index is 1.33. The maximum absolute atomic E-state index is 12.3. The fraction of sp³-hybridized carbons (Fsp3) is 0.211. The Morgan fingerprint density at radius 1 is 0.818 bits per heavy atom. The van der Waals surface area contributed by atoms with E-state index in [1.54, 1.807) is 24.3 Å². The molecule has 0 saturated carbocycles. The van der Waals surface area contributed by atoms with Crippen molar-refractivity contribution in [1.29, 1.82) is 0 Å². The first-order valence-electron chi connectivity index (χ1n) is 9.52. The summed E-state index contributed by atoms with van der Waals surface area (Å²) in [4.78, 5) is 34.9. The molecule has 14 heteroatoms. The lowest BCUT2D eigenvalue weighted by Crippen LogP contribution is -2.29. The largest absolute Gasteiger partial charge is 0.457 e. The number of anilines is 1. The zero-order valence-electron chi connectivity index (χ0n) is 16.9. The van der Waals surface area contributed by atoms with Crippen LogP contribution in [-0.4, -0.2) is 52.0 Å². The Labute approximate surface area is 189 Å². The predicted octanol–water partition coefficient (Wildman–Crippen LogP) is -0.599. The third-order valence-corrected chi connectivity index (χ3v) is 7.70. The Morgan fingerprint density at radius 2 is 1.39 bits per heavy atom. The van der Waals surface area contributed by atoms with Gasteiger partial charge in [0.1, 0.15) is 13.2 Å². The molecule has 12 nitrogen and oxygen atoms in total. The standard InChI is InChI=1S/C19H18N4O8S2/c24-17-10-22(32(27,28)20-17)9-13-1-5-15(6-2-13)19(26)31-12-14-3-7-16(8-4-14)23-11-18(25)21-33(23,29)30/h1-8H,9-12H2,(H,20,24)(H,21,25). The van der Waals surface area contributed by atoms with Gasteiger partial charge in [-0.1, -0.05) is 24.3 Å². The van der Waals surface area contributed by atoms with Gasteiger partial charge in [-0.25, -0.2) is 18.5 Å². The molecule has 2 aliphatic heterocycles. The molecular formula is C19H18N4O8S2. The van der Waals surface area contributed by atoms with Gasteiger partial charge in [-0.05, 0) is 35.4 Å². The van der Waals surface area contributed by atoms with Crippen molar-refractivity contribution in [2.75, 3.05) is 17.4 Å². The van der Waals surface area contributed by atoms with Gasteiger partial charge in [-0.3, -0.25) is 9.59 Å². The highest BCUT2D eigenvalue weighted by Crippen LogP contribution is 2.21. The van der Waals surface area contributed by atoms with E-state index in [0.717, 1.165) is 8.61 Å². The first-order chi connectivity index (χ1) is 15.5. The summed E-state index contributed by atoms with van der Waals surface area (Å²) in [6.45, 7) is -0.647. The van der Waals surface area contributed by atoms with Crippen molar-refractivity contribution in [2.45, 2.75) is 13.2 Å². The minimum Gasteiger partial charge on any atom is -0.457 e. The summed E-state index contributed by atoms with van der Waals surface area (Å²) < 4.78 is 58.3. The van der Waals surface area contributed by atoms with Crippen LogP contribution in [0.25, 0.3) is 0 Å². The van der Waals surface area contributed by atoms with Crippen molar-refractivity contribution in [2.24, 2.45) is 0 Å². The average molecular weight is 495 g/mol. The van der Waals surface area contributed by atoms with Crippen molar-refractivity contribution in [3.05, 3.63) is 65.2 Å². The van der Waals surface area contributed by atoms with Crippen LogP contribution in [0.4, 0.5) is 5.69 Å². The molecule has 2 saturated heterocycles. The van der Waals surface area contributed by atoms with Gasteiger partial charge in [0.15, 0.2) is 0 Å². The van der Waals surface area contributed by atoms with Crippen LogP contribution in [0.3, 0.4) is 0 Å². The molecule has 2 N–H and O–H groups in total. The summed E-state index contributed by atoms with van der Waals surface area (Å²) in [5.41, 5.74) is 1.75. The third kappa shape index (κ3) is 4.97.